The standard InChI is InChI=1S/C15H13BrClNO3S/c16-11-5-7-12(8-6-11)18-15(19)9-10-22(20,21)14-4-2-1-3-13(14)17/h1-8H,9-10H2,(H,18,19). The molecular weight excluding hydrogens is 390 g/mol. The first-order valence-electron chi connectivity index (χ1n) is 6.41. The van der Waals surface area contributed by atoms with Gasteiger partial charge >= 0.3 is 0 Å². The smallest absolute Gasteiger partial charge is 0.225 e. The van der Waals surface area contributed by atoms with Crippen molar-refractivity contribution in [2.24, 2.45) is 0 Å². The molecule has 7 heteroatoms. The van der Waals surface area contributed by atoms with Crippen LogP contribution in [0, 0.1) is 0 Å². The SMILES string of the molecule is O=C(CCS(=O)(=O)c1ccccc1Cl)Nc1ccc(Br)cc1. The fraction of sp³-hybridized carbons (Fsp3) is 0.133. The largest absolute Gasteiger partial charge is 0.326 e. The maximum Gasteiger partial charge on any atom is 0.225 e. The van der Waals surface area contributed by atoms with E-state index in [2.05, 4.69) is 21.2 Å². The average molecular weight is 403 g/mol. The molecule has 1 N–H and O–H groups in total. The van der Waals surface area contributed by atoms with E-state index in [1.165, 1.54) is 12.1 Å². The highest BCUT2D eigenvalue weighted by Crippen LogP contribution is 2.22. The van der Waals surface area contributed by atoms with Gasteiger partial charge in [0.2, 0.25) is 5.91 Å². The summed E-state index contributed by atoms with van der Waals surface area (Å²) < 4.78 is 25.3. The van der Waals surface area contributed by atoms with E-state index in [0.717, 1.165) is 4.47 Å². The second-order valence-corrected chi connectivity index (χ2v) is 7.95. The topological polar surface area (TPSA) is 63.2 Å². The molecule has 2 aromatic carbocycles. The summed E-state index contributed by atoms with van der Waals surface area (Å²) in [5.41, 5.74) is 0.614. The van der Waals surface area contributed by atoms with Gasteiger partial charge in [-0.05, 0) is 36.4 Å². The molecule has 0 saturated heterocycles. The average Bonchev–Trinajstić information content (AvgIpc) is 2.48. The third-order valence-corrected chi connectivity index (χ3v) is 5.64. The van der Waals surface area contributed by atoms with E-state index < -0.39 is 9.84 Å². The number of hydrogen-bond acceptors (Lipinski definition) is 3. The minimum Gasteiger partial charge on any atom is -0.326 e. The maximum atomic E-state index is 12.2. The predicted octanol–water partition coefficient (Wildman–Crippen LogP) is 3.91. The van der Waals surface area contributed by atoms with E-state index in [1.807, 2.05) is 0 Å². The monoisotopic (exact) mass is 401 g/mol. The van der Waals surface area contributed by atoms with Crippen LogP contribution in [-0.2, 0) is 14.6 Å². The van der Waals surface area contributed by atoms with Crippen molar-refractivity contribution in [3.63, 3.8) is 0 Å². The van der Waals surface area contributed by atoms with E-state index >= 15 is 0 Å². The van der Waals surface area contributed by atoms with Crippen molar-refractivity contribution >= 4 is 49.0 Å². The van der Waals surface area contributed by atoms with Crippen LogP contribution in [0.2, 0.25) is 5.02 Å². The van der Waals surface area contributed by atoms with Gasteiger partial charge in [0, 0.05) is 16.6 Å². The number of benzene rings is 2. The van der Waals surface area contributed by atoms with E-state index in [9.17, 15) is 13.2 Å². The van der Waals surface area contributed by atoms with Gasteiger partial charge in [-0.2, -0.15) is 0 Å². The number of hydrogen-bond donors (Lipinski definition) is 1. The Morgan fingerprint density at radius 3 is 2.36 bits per heavy atom. The predicted molar refractivity (Wildman–Crippen MR) is 90.9 cm³/mol. The lowest BCUT2D eigenvalue weighted by Gasteiger charge is -2.07. The molecule has 0 fully saturated rings. The lowest BCUT2D eigenvalue weighted by molar-refractivity contribution is -0.115. The number of anilines is 1. The molecule has 4 nitrogen and oxygen atoms in total. The molecule has 0 spiro atoms. The third kappa shape index (κ3) is 4.56. The van der Waals surface area contributed by atoms with Gasteiger partial charge in [0.25, 0.3) is 0 Å². The van der Waals surface area contributed by atoms with Crippen molar-refractivity contribution in [1.29, 1.82) is 0 Å². The van der Waals surface area contributed by atoms with Gasteiger partial charge in [-0.25, -0.2) is 8.42 Å². The van der Waals surface area contributed by atoms with Crippen LogP contribution >= 0.6 is 27.5 Å². The molecule has 2 aromatic rings. The highest BCUT2D eigenvalue weighted by atomic mass is 79.9. The van der Waals surface area contributed by atoms with Crippen LogP contribution < -0.4 is 5.32 Å². The lowest BCUT2D eigenvalue weighted by atomic mass is 10.3. The highest BCUT2D eigenvalue weighted by molar-refractivity contribution is 9.10. The first-order chi connectivity index (χ1) is 10.4. The zero-order chi connectivity index (χ0) is 16.2. The van der Waals surface area contributed by atoms with Crippen molar-refractivity contribution in [2.45, 2.75) is 11.3 Å². The second-order valence-electron chi connectivity index (χ2n) is 4.55. The first-order valence-corrected chi connectivity index (χ1v) is 9.23. The molecular formula is C15H13BrClNO3S. The Morgan fingerprint density at radius 2 is 1.73 bits per heavy atom. The maximum absolute atomic E-state index is 12.2. The van der Waals surface area contributed by atoms with E-state index in [-0.39, 0.29) is 28.0 Å². The molecule has 0 saturated carbocycles. The van der Waals surface area contributed by atoms with E-state index in [4.69, 9.17) is 11.6 Å². The lowest BCUT2D eigenvalue weighted by Crippen LogP contribution is -2.17. The van der Waals surface area contributed by atoms with Crippen molar-refractivity contribution in [3.05, 3.63) is 58.0 Å². The van der Waals surface area contributed by atoms with Crippen LogP contribution in [0.25, 0.3) is 0 Å². The first kappa shape index (κ1) is 17.0. The number of carbonyl (C=O) groups is 1. The molecule has 2 rings (SSSR count). The molecule has 0 unspecified atom stereocenters. The molecule has 0 aromatic heterocycles. The highest BCUT2D eigenvalue weighted by Gasteiger charge is 2.19. The molecule has 22 heavy (non-hydrogen) atoms. The number of halogens is 2. The Balaban J connectivity index is 1.98. The zero-order valence-electron chi connectivity index (χ0n) is 11.4. The van der Waals surface area contributed by atoms with E-state index in [0.29, 0.717) is 5.69 Å². The van der Waals surface area contributed by atoms with E-state index in [1.54, 1.807) is 36.4 Å². The Hall–Kier alpha value is -1.37. The van der Waals surface area contributed by atoms with Crippen LogP contribution in [-0.4, -0.2) is 20.1 Å². The number of nitrogens with one attached hydrogen (secondary N) is 1. The Kier molecular flexibility index (Phi) is 5.61. The summed E-state index contributed by atoms with van der Waals surface area (Å²) in [5.74, 6) is -0.656. The van der Waals surface area contributed by atoms with Gasteiger partial charge < -0.3 is 5.32 Å². The van der Waals surface area contributed by atoms with Crippen molar-refractivity contribution in [1.82, 2.24) is 0 Å². The summed E-state index contributed by atoms with van der Waals surface area (Å²) in [4.78, 5) is 11.9. The van der Waals surface area contributed by atoms with Gasteiger partial charge in [-0.1, -0.05) is 39.7 Å². The third-order valence-electron chi connectivity index (χ3n) is 2.90. The summed E-state index contributed by atoms with van der Waals surface area (Å²) in [7, 11) is -3.59. The number of sulfone groups is 1. The second kappa shape index (κ2) is 7.26. The summed E-state index contributed by atoms with van der Waals surface area (Å²) in [6.45, 7) is 0. The van der Waals surface area contributed by atoms with Crippen molar-refractivity contribution in [2.75, 3.05) is 11.1 Å². The summed E-state index contributed by atoms with van der Waals surface area (Å²) in [6, 6.07) is 13.2. The summed E-state index contributed by atoms with van der Waals surface area (Å²) in [6.07, 6.45) is -0.135. The number of carbonyl (C=O) groups excluding carboxylic acids is 1. The molecule has 0 aliphatic heterocycles. The fourth-order valence-corrected chi connectivity index (χ4v) is 3.87. The van der Waals surface area contributed by atoms with Crippen LogP contribution in [0.3, 0.4) is 0 Å². The number of amides is 1. The molecule has 0 aliphatic carbocycles. The molecule has 1 amide bonds. The van der Waals surface area contributed by atoms with Crippen LogP contribution in [0.5, 0.6) is 0 Å². The molecule has 0 aliphatic rings. The molecule has 0 radical (unpaired) electrons. The summed E-state index contributed by atoms with van der Waals surface area (Å²) in [5, 5.41) is 2.81. The molecule has 0 bridgehead atoms. The Bertz CT molecular complexity index is 776. The fourth-order valence-electron chi connectivity index (χ4n) is 1.79. The minimum atomic E-state index is -3.59. The Morgan fingerprint density at radius 1 is 1.09 bits per heavy atom. The van der Waals surface area contributed by atoms with Gasteiger partial charge in [-0.3, -0.25) is 4.79 Å². The zero-order valence-corrected chi connectivity index (χ0v) is 14.6. The van der Waals surface area contributed by atoms with Gasteiger partial charge in [0.1, 0.15) is 0 Å². The summed E-state index contributed by atoms with van der Waals surface area (Å²) >= 11 is 9.18. The van der Waals surface area contributed by atoms with Crippen molar-refractivity contribution in [3.8, 4) is 0 Å². The van der Waals surface area contributed by atoms with Crippen molar-refractivity contribution < 1.29 is 13.2 Å². The van der Waals surface area contributed by atoms with Crippen LogP contribution in [0.1, 0.15) is 6.42 Å². The quantitative estimate of drug-likeness (QED) is 0.825. The molecule has 0 atom stereocenters. The minimum absolute atomic E-state index is 0.0492. The van der Waals surface area contributed by atoms with Crippen LogP contribution in [0.15, 0.2) is 57.9 Å². The van der Waals surface area contributed by atoms with Gasteiger partial charge in [0.15, 0.2) is 9.84 Å². The van der Waals surface area contributed by atoms with Gasteiger partial charge in [-0.15, -0.1) is 0 Å². The molecule has 116 valence electrons. The Labute approximate surface area is 142 Å². The number of rotatable bonds is 5. The van der Waals surface area contributed by atoms with Crippen LogP contribution in [0.4, 0.5) is 5.69 Å². The van der Waals surface area contributed by atoms with Gasteiger partial charge in [0.05, 0.1) is 15.7 Å². The molecule has 0 heterocycles. The normalized spacial score (nSPS) is 11.2.